The van der Waals surface area contributed by atoms with E-state index in [2.05, 4.69) is 39.3 Å². The van der Waals surface area contributed by atoms with Crippen LogP contribution in [0.25, 0.3) is 0 Å². The molecular formula is C15H25IN4S. The number of guanidine groups is 1. The van der Waals surface area contributed by atoms with Crippen LogP contribution in [0.2, 0.25) is 0 Å². The molecule has 1 aliphatic heterocycles. The van der Waals surface area contributed by atoms with Gasteiger partial charge in [-0.25, -0.2) is 0 Å². The zero-order valence-electron chi connectivity index (χ0n) is 12.8. The number of rotatable bonds is 5. The van der Waals surface area contributed by atoms with Crippen LogP contribution in [0.3, 0.4) is 0 Å². The Bertz CT molecular complexity index is 433. The highest BCUT2D eigenvalue weighted by atomic mass is 127. The monoisotopic (exact) mass is 420 g/mol. The van der Waals surface area contributed by atoms with Gasteiger partial charge in [-0.3, -0.25) is 9.98 Å². The molecule has 0 aromatic carbocycles. The predicted octanol–water partition coefficient (Wildman–Crippen LogP) is 2.69. The van der Waals surface area contributed by atoms with E-state index in [4.69, 9.17) is 0 Å². The van der Waals surface area contributed by atoms with E-state index in [1.807, 2.05) is 31.4 Å². The minimum Gasteiger partial charge on any atom is -0.356 e. The summed E-state index contributed by atoms with van der Waals surface area (Å²) in [5.41, 5.74) is 1.11. The van der Waals surface area contributed by atoms with Gasteiger partial charge >= 0.3 is 0 Å². The summed E-state index contributed by atoms with van der Waals surface area (Å²) in [6.07, 6.45) is 5.36. The lowest BCUT2D eigenvalue weighted by atomic mass is 10.1. The summed E-state index contributed by atoms with van der Waals surface area (Å²) in [6, 6.07) is 6.01. The predicted molar refractivity (Wildman–Crippen MR) is 103 cm³/mol. The van der Waals surface area contributed by atoms with Crippen molar-refractivity contribution in [2.45, 2.75) is 30.9 Å². The molecule has 0 amide bonds. The van der Waals surface area contributed by atoms with Crippen molar-refractivity contribution in [2.24, 2.45) is 4.99 Å². The molecule has 118 valence electrons. The van der Waals surface area contributed by atoms with E-state index in [1.54, 1.807) is 0 Å². The SMILES string of the molecule is CN=C(NCCc1ccccn1)NCC1(C)CCCS1.I. The van der Waals surface area contributed by atoms with Gasteiger partial charge in [0.1, 0.15) is 0 Å². The van der Waals surface area contributed by atoms with Crippen LogP contribution in [-0.2, 0) is 6.42 Å². The second kappa shape index (κ2) is 9.50. The maximum atomic E-state index is 4.32. The van der Waals surface area contributed by atoms with Crippen LogP contribution in [-0.4, -0.2) is 41.6 Å². The van der Waals surface area contributed by atoms with Gasteiger partial charge < -0.3 is 10.6 Å². The number of nitrogens with zero attached hydrogens (tertiary/aromatic N) is 2. The lowest BCUT2D eigenvalue weighted by molar-refractivity contribution is 0.584. The Balaban J connectivity index is 0.00000220. The Labute approximate surface area is 149 Å². The van der Waals surface area contributed by atoms with Gasteiger partial charge in [-0.2, -0.15) is 11.8 Å². The molecule has 2 rings (SSSR count). The van der Waals surface area contributed by atoms with E-state index < -0.39 is 0 Å². The summed E-state index contributed by atoms with van der Waals surface area (Å²) < 4.78 is 0.360. The van der Waals surface area contributed by atoms with Gasteiger partial charge in [0, 0.05) is 43.2 Å². The number of pyridine rings is 1. The first kappa shape index (κ1) is 18.5. The van der Waals surface area contributed by atoms with Crippen LogP contribution in [0.1, 0.15) is 25.5 Å². The molecule has 2 heterocycles. The van der Waals surface area contributed by atoms with Gasteiger partial charge in [0.25, 0.3) is 0 Å². The van der Waals surface area contributed by atoms with Crippen LogP contribution >= 0.6 is 35.7 Å². The molecule has 1 unspecified atom stereocenters. The molecule has 0 aliphatic carbocycles. The van der Waals surface area contributed by atoms with Crippen molar-refractivity contribution in [2.75, 3.05) is 25.9 Å². The molecule has 2 N–H and O–H groups in total. The van der Waals surface area contributed by atoms with Crippen molar-refractivity contribution in [3.63, 3.8) is 0 Å². The average Bonchev–Trinajstić information content (AvgIpc) is 2.91. The topological polar surface area (TPSA) is 49.3 Å². The standard InChI is InChI=1S/C15H24N4S.HI/c1-15(8-5-11-20-15)12-19-14(16-2)18-10-7-13-6-3-4-9-17-13;/h3-4,6,9H,5,7-8,10-12H2,1-2H3,(H2,16,18,19);1H. The summed E-state index contributed by atoms with van der Waals surface area (Å²) in [7, 11) is 1.82. The number of halogens is 1. The first-order valence-corrected chi connectivity index (χ1v) is 8.19. The van der Waals surface area contributed by atoms with E-state index >= 15 is 0 Å². The lowest BCUT2D eigenvalue weighted by Crippen LogP contribution is -2.44. The molecule has 1 aliphatic rings. The Kier molecular flexibility index (Phi) is 8.39. The molecule has 0 spiro atoms. The fraction of sp³-hybridized carbons (Fsp3) is 0.600. The quantitative estimate of drug-likeness (QED) is 0.437. The molecule has 4 nitrogen and oxygen atoms in total. The van der Waals surface area contributed by atoms with Gasteiger partial charge in [0.05, 0.1) is 0 Å². The van der Waals surface area contributed by atoms with E-state index in [9.17, 15) is 0 Å². The van der Waals surface area contributed by atoms with Crippen LogP contribution in [0.5, 0.6) is 0 Å². The molecule has 1 atom stereocenters. The maximum Gasteiger partial charge on any atom is 0.191 e. The van der Waals surface area contributed by atoms with Crippen molar-refractivity contribution in [3.05, 3.63) is 30.1 Å². The Morgan fingerprint density at radius 2 is 2.29 bits per heavy atom. The van der Waals surface area contributed by atoms with Crippen molar-refractivity contribution in [1.29, 1.82) is 0 Å². The van der Waals surface area contributed by atoms with Gasteiger partial charge in [-0.05, 0) is 37.7 Å². The normalized spacial score (nSPS) is 21.7. The lowest BCUT2D eigenvalue weighted by Gasteiger charge is -2.24. The number of aromatic nitrogens is 1. The van der Waals surface area contributed by atoms with E-state index in [0.717, 1.165) is 31.2 Å². The molecule has 1 aromatic rings. The highest BCUT2D eigenvalue weighted by Gasteiger charge is 2.29. The first-order chi connectivity index (χ1) is 9.72. The minimum atomic E-state index is 0. The number of nitrogens with one attached hydrogen (secondary N) is 2. The fourth-order valence-electron chi connectivity index (χ4n) is 2.32. The Morgan fingerprint density at radius 1 is 1.43 bits per heavy atom. The van der Waals surface area contributed by atoms with E-state index in [0.29, 0.717) is 4.75 Å². The minimum absolute atomic E-state index is 0. The smallest absolute Gasteiger partial charge is 0.191 e. The molecule has 0 radical (unpaired) electrons. The van der Waals surface area contributed by atoms with E-state index in [-0.39, 0.29) is 24.0 Å². The summed E-state index contributed by atoms with van der Waals surface area (Å²) in [5.74, 6) is 2.17. The maximum absolute atomic E-state index is 4.32. The van der Waals surface area contributed by atoms with Gasteiger partial charge in [0.2, 0.25) is 0 Å². The fourth-order valence-corrected chi connectivity index (χ4v) is 3.57. The molecule has 0 bridgehead atoms. The zero-order chi connectivity index (χ0) is 14.3. The second-order valence-electron chi connectivity index (χ2n) is 5.33. The third-order valence-corrected chi connectivity index (χ3v) is 5.09. The largest absolute Gasteiger partial charge is 0.356 e. The van der Waals surface area contributed by atoms with Crippen LogP contribution in [0, 0.1) is 0 Å². The van der Waals surface area contributed by atoms with Gasteiger partial charge in [0.15, 0.2) is 5.96 Å². The van der Waals surface area contributed by atoms with Crippen LogP contribution < -0.4 is 10.6 Å². The summed E-state index contributed by atoms with van der Waals surface area (Å²) in [6.45, 7) is 4.15. The number of thioether (sulfide) groups is 1. The second-order valence-corrected chi connectivity index (χ2v) is 7.01. The summed E-state index contributed by atoms with van der Waals surface area (Å²) >= 11 is 2.06. The number of hydrogen-bond acceptors (Lipinski definition) is 3. The third-order valence-electron chi connectivity index (χ3n) is 3.55. The molecule has 1 fully saturated rings. The van der Waals surface area contributed by atoms with Crippen LogP contribution in [0.4, 0.5) is 0 Å². The first-order valence-electron chi connectivity index (χ1n) is 7.20. The third kappa shape index (κ3) is 6.42. The molecule has 1 aromatic heterocycles. The van der Waals surface area contributed by atoms with Gasteiger partial charge in [-0.1, -0.05) is 6.07 Å². The molecule has 6 heteroatoms. The molecule has 1 saturated heterocycles. The Morgan fingerprint density at radius 3 is 2.90 bits per heavy atom. The zero-order valence-corrected chi connectivity index (χ0v) is 15.9. The molecule has 0 saturated carbocycles. The summed E-state index contributed by atoms with van der Waals surface area (Å²) in [4.78, 5) is 8.59. The molecular weight excluding hydrogens is 395 g/mol. The van der Waals surface area contributed by atoms with E-state index in [1.165, 1.54) is 18.6 Å². The Hall–Kier alpha value is -0.500. The number of aliphatic imine (C=N–C) groups is 1. The van der Waals surface area contributed by atoms with Crippen molar-refractivity contribution in [1.82, 2.24) is 15.6 Å². The van der Waals surface area contributed by atoms with Crippen molar-refractivity contribution in [3.8, 4) is 0 Å². The van der Waals surface area contributed by atoms with Gasteiger partial charge in [-0.15, -0.1) is 24.0 Å². The highest BCUT2D eigenvalue weighted by Crippen LogP contribution is 2.36. The summed E-state index contributed by atoms with van der Waals surface area (Å²) in [5, 5.41) is 6.78. The van der Waals surface area contributed by atoms with Crippen LogP contribution in [0.15, 0.2) is 29.4 Å². The van der Waals surface area contributed by atoms with Crippen molar-refractivity contribution < 1.29 is 0 Å². The number of hydrogen-bond donors (Lipinski definition) is 2. The molecule has 21 heavy (non-hydrogen) atoms. The highest BCUT2D eigenvalue weighted by molar-refractivity contribution is 14.0. The van der Waals surface area contributed by atoms with Crippen molar-refractivity contribution >= 4 is 41.7 Å². The average molecular weight is 420 g/mol.